The van der Waals surface area contributed by atoms with Crippen molar-refractivity contribution in [2.45, 2.75) is 13.8 Å². The maximum atomic E-state index is 12.8. The van der Waals surface area contributed by atoms with Gasteiger partial charge in [-0.05, 0) is 43.2 Å². The predicted octanol–water partition coefficient (Wildman–Crippen LogP) is 3.67. The second kappa shape index (κ2) is 9.94. The SMILES string of the molecule is Cc1cccc(OCC(=O)N2CCN(c3nc(N)nc4ncc(-c5ccc(Cl)cc5)nc34)CC2)c1C. The fraction of sp³-hybridized carbons (Fsp3) is 0.269. The van der Waals surface area contributed by atoms with Gasteiger partial charge < -0.3 is 20.3 Å². The van der Waals surface area contributed by atoms with Crippen LogP contribution in [0, 0.1) is 13.8 Å². The van der Waals surface area contributed by atoms with E-state index >= 15 is 0 Å². The molecule has 0 unspecified atom stereocenters. The number of hydrogen-bond donors (Lipinski definition) is 1. The summed E-state index contributed by atoms with van der Waals surface area (Å²) < 4.78 is 5.81. The van der Waals surface area contributed by atoms with Gasteiger partial charge in [-0.25, -0.2) is 9.97 Å². The molecule has 2 aromatic carbocycles. The van der Waals surface area contributed by atoms with Crippen LogP contribution in [0.1, 0.15) is 11.1 Å². The number of hydrogen-bond acceptors (Lipinski definition) is 8. The maximum Gasteiger partial charge on any atom is 0.260 e. The predicted molar refractivity (Wildman–Crippen MR) is 140 cm³/mol. The average molecular weight is 504 g/mol. The lowest BCUT2D eigenvalue weighted by molar-refractivity contribution is -0.133. The third-order valence-corrected chi connectivity index (χ3v) is 6.64. The number of aromatic nitrogens is 4. The van der Waals surface area contributed by atoms with E-state index < -0.39 is 0 Å². The molecular weight excluding hydrogens is 478 g/mol. The van der Waals surface area contributed by atoms with Gasteiger partial charge in [0.2, 0.25) is 5.95 Å². The molecular formula is C26H26ClN7O2. The lowest BCUT2D eigenvalue weighted by atomic mass is 10.1. The minimum atomic E-state index is -0.0487. The Morgan fingerprint density at radius 1 is 1.03 bits per heavy atom. The summed E-state index contributed by atoms with van der Waals surface area (Å²) in [5, 5.41) is 0.649. The highest BCUT2D eigenvalue weighted by atomic mass is 35.5. The highest BCUT2D eigenvalue weighted by Gasteiger charge is 2.25. The van der Waals surface area contributed by atoms with E-state index in [-0.39, 0.29) is 18.5 Å². The second-order valence-corrected chi connectivity index (χ2v) is 9.13. The van der Waals surface area contributed by atoms with Gasteiger partial charge in [0.25, 0.3) is 5.91 Å². The van der Waals surface area contributed by atoms with Gasteiger partial charge in [0, 0.05) is 36.8 Å². The standard InChI is InChI=1S/C26H26ClN7O2/c1-16-4-3-5-21(17(16)2)36-15-22(35)33-10-12-34(13-11-33)25-23-24(31-26(28)32-25)29-14-20(30-23)18-6-8-19(27)9-7-18/h3-9,14H,10-13,15H2,1-2H3,(H2,28,29,31,32). The average Bonchev–Trinajstić information content (AvgIpc) is 2.89. The van der Waals surface area contributed by atoms with Gasteiger partial charge in [-0.15, -0.1) is 0 Å². The van der Waals surface area contributed by atoms with Crippen LogP contribution in [-0.4, -0.2) is 63.5 Å². The molecule has 10 heteroatoms. The summed E-state index contributed by atoms with van der Waals surface area (Å²) in [6.07, 6.45) is 1.66. The monoisotopic (exact) mass is 503 g/mol. The van der Waals surface area contributed by atoms with E-state index in [0.29, 0.717) is 53.9 Å². The molecule has 0 aliphatic carbocycles. The van der Waals surface area contributed by atoms with Crippen molar-refractivity contribution in [1.82, 2.24) is 24.8 Å². The van der Waals surface area contributed by atoms with Crippen LogP contribution in [0.15, 0.2) is 48.7 Å². The summed E-state index contributed by atoms with van der Waals surface area (Å²) in [6, 6.07) is 13.2. The fourth-order valence-corrected chi connectivity index (χ4v) is 4.29. The number of carbonyl (C=O) groups excluding carboxylic acids is 1. The highest BCUT2D eigenvalue weighted by molar-refractivity contribution is 6.30. The van der Waals surface area contributed by atoms with Crippen LogP contribution < -0.4 is 15.4 Å². The first-order chi connectivity index (χ1) is 17.4. The van der Waals surface area contributed by atoms with E-state index in [1.807, 2.05) is 56.3 Å². The van der Waals surface area contributed by atoms with Gasteiger partial charge in [0.1, 0.15) is 5.75 Å². The van der Waals surface area contributed by atoms with E-state index in [1.54, 1.807) is 11.1 Å². The molecule has 4 aromatic rings. The van der Waals surface area contributed by atoms with E-state index in [0.717, 1.165) is 22.4 Å². The number of nitrogens with two attached hydrogens (primary N) is 1. The van der Waals surface area contributed by atoms with E-state index in [2.05, 4.69) is 19.9 Å². The minimum absolute atomic E-state index is 0.00358. The molecule has 0 bridgehead atoms. The highest BCUT2D eigenvalue weighted by Crippen LogP contribution is 2.27. The van der Waals surface area contributed by atoms with Crippen molar-refractivity contribution in [1.29, 1.82) is 0 Å². The Morgan fingerprint density at radius 2 is 1.78 bits per heavy atom. The number of fused-ring (bicyclic) bond motifs is 1. The summed E-state index contributed by atoms with van der Waals surface area (Å²) in [5.41, 5.74) is 10.7. The van der Waals surface area contributed by atoms with Crippen LogP contribution in [0.2, 0.25) is 5.02 Å². The maximum absolute atomic E-state index is 12.8. The molecule has 184 valence electrons. The lowest BCUT2D eigenvalue weighted by Crippen LogP contribution is -2.50. The molecule has 0 radical (unpaired) electrons. The Kier molecular flexibility index (Phi) is 6.56. The summed E-state index contributed by atoms with van der Waals surface area (Å²) in [7, 11) is 0. The Bertz CT molecular complexity index is 1420. The number of halogens is 1. The Morgan fingerprint density at radius 3 is 2.53 bits per heavy atom. The smallest absolute Gasteiger partial charge is 0.260 e. The molecule has 0 saturated carbocycles. The van der Waals surface area contributed by atoms with Crippen LogP contribution in [0.4, 0.5) is 11.8 Å². The zero-order chi connectivity index (χ0) is 25.2. The third kappa shape index (κ3) is 4.87. The number of ether oxygens (including phenoxy) is 1. The molecule has 2 aromatic heterocycles. The Balaban J connectivity index is 1.31. The van der Waals surface area contributed by atoms with Crippen LogP contribution in [0.3, 0.4) is 0 Å². The van der Waals surface area contributed by atoms with Gasteiger partial charge >= 0.3 is 0 Å². The summed E-state index contributed by atoms with van der Waals surface area (Å²) in [6.45, 7) is 6.24. The summed E-state index contributed by atoms with van der Waals surface area (Å²) in [4.78, 5) is 34.7. The number of rotatable bonds is 5. The number of anilines is 2. The zero-order valence-corrected chi connectivity index (χ0v) is 20.9. The normalized spacial score (nSPS) is 13.8. The van der Waals surface area contributed by atoms with Crippen molar-refractivity contribution < 1.29 is 9.53 Å². The van der Waals surface area contributed by atoms with Crippen LogP contribution in [0.25, 0.3) is 22.4 Å². The van der Waals surface area contributed by atoms with Crippen LogP contribution in [0.5, 0.6) is 5.75 Å². The van der Waals surface area contributed by atoms with Gasteiger partial charge in [0.05, 0.1) is 11.9 Å². The first kappa shape index (κ1) is 23.7. The minimum Gasteiger partial charge on any atom is -0.483 e. The Labute approximate surface area is 213 Å². The van der Waals surface area contributed by atoms with Crippen LogP contribution >= 0.6 is 11.6 Å². The fourth-order valence-electron chi connectivity index (χ4n) is 4.17. The quantitative estimate of drug-likeness (QED) is 0.439. The number of nitrogens with zero attached hydrogens (tertiary/aromatic N) is 6. The number of aryl methyl sites for hydroxylation is 1. The van der Waals surface area contributed by atoms with Gasteiger partial charge in [-0.3, -0.25) is 4.79 Å². The van der Waals surface area contributed by atoms with Crippen molar-refractivity contribution in [3.05, 3.63) is 64.8 Å². The number of piperazine rings is 1. The van der Waals surface area contributed by atoms with E-state index in [9.17, 15) is 4.79 Å². The molecule has 9 nitrogen and oxygen atoms in total. The topological polar surface area (TPSA) is 110 Å². The number of amides is 1. The number of nitrogen functional groups attached to an aromatic ring is 1. The van der Waals surface area contributed by atoms with Crippen molar-refractivity contribution >= 4 is 40.4 Å². The van der Waals surface area contributed by atoms with E-state index in [1.165, 1.54) is 0 Å². The molecule has 1 saturated heterocycles. The zero-order valence-electron chi connectivity index (χ0n) is 20.1. The third-order valence-electron chi connectivity index (χ3n) is 6.38. The molecule has 1 aliphatic heterocycles. The van der Waals surface area contributed by atoms with Crippen molar-refractivity contribution in [2.24, 2.45) is 0 Å². The molecule has 36 heavy (non-hydrogen) atoms. The second-order valence-electron chi connectivity index (χ2n) is 8.69. The summed E-state index contributed by atoms with van der Waals surface area (Å²) >= 11 is 6.02. The molecule has 0 spiro atoms. The molecule has 1 aliphatic rings. The van der Waals surface area contributed by atoms with Crippen LogP contribution in [-0.2, 0) is 4.79 Å². The first-order valence-corrected chi connectivity index (χ1v) is 12.0. The van der Waals surface area contributed by atoms with Crippen molar-refractivity contribution in [3.8, 4) is 17.0 Å². The van der Waals surface area contributed by atoms with Gasteiger partial charge in [-0.2, -0.15) is 9.97 Å². The first-order valence-electron chi connectivity index (χ1n) is 11.7. The van der Waals surface area contributed by atoms with Gasteiger partial charge in [0.15, 0.2) is 23.6 Å². The molecule has 1 fully saturated rings. The molecule has 1 amide bonds. The lowest BCUT2D eigenvalue weighted by Gasteiger charge is -2.35. The van der Waals surface area contributed by atoms with E-state index in [4.69, 9.17) is 27.1 Å². The summed E-state index contributed by atoms with van der Waals surface area (Å²) in [5.74, 6) is 1.43. The van der Waals surface area contributed by atoms with Crippen molar-refractivity contribution in [2.75, 3.05) is 43.4 Å². The van der Waals surface area contributed by atoms with Gasteiger partial charge in [-0.1, -0.05) is 35.9 Å². The molecule has 3 heterocycles. The Hall–Kier alpha value is -3.98. The number of carbonyl (C=O) groups is 1. The largest absolute Gasteiger partial charge is 0.483 e. The molecule has 2 N–H and O–H groups in total. The number of benzene rings is 2. The van der Waals surface area contributed by atoms with Crippen molar-refractivity contribution in [3.63, 3.8) is 0 Å². The molecule has 5 rings (SSSR count). The molecule has 0 atom stereocenters.